The van der Waals surface area contributed by atoms with E-state index in [1.165, 1.54) is 36.7 Å². The van der Waals surface area contributed by atoms with Gasteiger partial charge in [0.15, 0.2) is 17.5 Å². The minimum atomic E-state index is -1.54. The lowest BCUT2D eigenvalue weighted by Gasteiger charge is -2.13. The second kappa shape index (κ2) is 8.70. The van der Waals surface area contributed by atoms with Gasteiger partial charge in [-0.3, -0.25) is 4.79 Å². The number of aromatic nitrogens is 1. The van der Waals surface area contributed by atoms with Gasteiger partial charge in [0.25, 0.3) is 5.91 Å². The number of hydrogen-bond donors (Lipinski definition) is 2. The predicted octanol–water partition coefficient (Wildman–Crippen LogP) is 4.86. The lowest BCUT2D eigenvalue weighted by atomic mass is 9.97. The molecule has 142 valence electrons. The van der Waals surface area contributed by atoms with E-state index in [1.807, 2.05) is 0 Å². The third-order valence-electron chi connectivity index (χ3n) is 4.43. The quantitative estimate of drug-likeness (QED) is 0.560. The van der Waals surface area contributed by atoms with Gasteiger partial charge in [-0.2, -0.15) is 0 Å². The second-order valence-corrected chi connectivity index (χ2v) is 6.39. The highest BCUT2D eigenvalue weighted by atomic mass is 19.2. The lowest BCUT2D eigenvalue weighted by molar-refractivity contribution is 0.0949. The van der Waals surface area contributed by atoms with Crippen LogP contribution in [0.4, 0.5) is 24.5 Å². The number of halogens is 3. The van der Waals surface area contributed by atoms with Gasteiger partial charge in [0, 0.05) is 6.54 Å². The minimum Gasteiger partial charge on any atom is -0.352 e. The van der Waals surface area contributed by atoms with E-state index < -0.39 is 17.5 Å². The maximum Gasteiger partial charge on any atom is 0.269 e. The lowest BCUT2D eigenvalue weighted by Crippen LogP contribution is -2.25. The van der Waals surface area contributed by atoms with E-state index in [4.69, 9.17) is 0 Å². The van der Waals surface area contributed by atoms with E-state index in [0.717, 1.165) is 31.4 Å². The van der Waals surface area contributed by atoms with E-state index in [9.17, 15) is 18.0 Å². The van der Waals surface area contributed by atoms with Crippen LogP contribution in [0.1, 0.15) is 42.6 Å². The number of carbonyl (C=O) groups is 1. The smallest absolute Gasteiger partial charge is 0.269 e. The molecule has 0 spiro atoms. The van der Waals surface area contributed by atoms with Crippen LogP contribution in [0.25, 0.3) is 0 Å². The summed E-state index contributed by atoms with van der Waals surface area (Å²) in [6.45, 7) is 0.548. The first-order valence-corrected chi connectivity index (χ1v) is 8.87. The van der Waals surface area contributed by atoms with Crippen molar-refractivity contribution in [3.8, 4) is 0 Å². The van der Waals surface area contributed by atoms with Crippen LogP contribution in [0.5, 0.6) is 0 Å². The fourth-order valence-corrected chi connectivity index (χ4v) is 2.94. The molecule has 0 saturated carbocycles. The number of carbonyl (C=O) groups excluding carboxylic acids is 1. The molecule has 0 atom stereocenters. The molecule has 0 bridgehead atoms. The Hall–Kier alpha value is -2.83. The van der Waals surface area contributed by atoms with Crippen LogP contribution in [0.2, 0.25) is 0 Å². The van der Waals surface area contributed by atoms with Crippen LogP contribution in [0.3, 0.4) is 0 Å². The van der Waals surface area contributed by atoms with Gasteiger partial charge in [-0.1, -0.05) is 11.6 Å². The first-order valence-electron chi connectivity index (χ1n) is 8.87. The molecule has 7 heteroatoms. The van der Waals surface area contributed by atoms with Gasteiger partial charge in [-0.15, -0.1) is 0 Å². The monoisotopic (exact) mass is 375 g/mol. The Morgan fingerprint density at radius 2 is 1.93 bits per heavy atom. The molecular formula is C20H20F3N3O. The van der Waals surface area contributed by atoms with Crippen molar-refractivity contribution in [3.63, 3.8) is 0 Å². The molecule has 3 rings (SSSR count). The van der Waals surface area contributed by atoms with Gasteiger partial charge >= 0.3 is 0 Å². The van der Waals surface area contributed by atoms with Gasteiger partial charge in [0.05, 0.1) is 17.6 Å². The molecule has 1 aliphatic rings. The van der Waals surface area contributed by atoms with Crippen molar-refractivity contribution in [2.45, 2.75) is 32.1 Å². The molecule has 4 nitrogen and oxygen atoms in total. The zero-order valence-corrected chi connectivity index (χ0v) is 14.7. The summed E-state index contributed by atoms with van der Waals surface area (Å²) in [6.07, 6.45) is 9.04. The van der Waals surface area contributed by atoms with Crippen LogP contribution in [0.15, 0.2) is 42.1 Å². The Morgan fingerprint density at radius 1 is 1.07 bits per heavy atom. The highest BCUT2D eigenvalue weighted by Gasteiger charge is 2.14. The van der Waals surface area contributed by atoms with E-state index in [0.29, 0.717) is 12.2 Å². The molecule has 1 aromatic carbocycles. The molecule has 0 unspecified atom stereocenters. The topological polar surface area (TPSA) is 54.0 Å². The third kappa shape index (κ3) is 4.87. The number of rotatable bonds is 6. The summed E-state index contributed by atoms with van der Waals surface area (Å²) in [5.74, 6) is -4.41. The van der Waals surface area contributed by atoms with Crippen LogP contribution in [-0.4, -0.2) is 17.4 Å². The summed E-state index contributed by atoms with van der Waals surface area (Å²) in [6, 6.07) is 4.92. The number of hydrogen-bond acceptors (Lipinski definition) is 3. The first-order chi connectivity index (χ1) is 13.0. The number of nitrogens with one attached hydrogen (secondary N) is 2. The molecule has 2 aromatic rings. The Morgan fingerprint density at radius 3 is 2.63 bits per heavy atom. The van der Waals surface area contributed by atoms with E-state index in [1.54, 1.807) is 0 Å². The molecule has 1 aliphatic carbocycles. The maximum absolute atomic E-state index is 13.7. The van der Waals surface area contributed by atoms with Gasteiger partial charge in [0.2, 0.25) is 0 Å². The normalized spacial score (nSPS) is 13.8. The van der Waals surface area contributed by atoms with E-state index in [2.05, 4.69) is 21.7 Å². The van der Waals surface area contributed by atoms with E-state index in [-0.39, 0.29) is 17.3 Å². The van der Waals surface area contributed by atoms with Crippen molar-refractivity contribution >= 4 is 17.3 Å². The highest BCUT2D eigenvalue weighted by Crippen LogP contribution is 2.23. The number of anilines is 2. The SMILES string of the molecule is O=C(NCCC1=CCCCC1)c1ccc(Nc2ccc(F)c(F)c2F)cn1. The van der Waals surface area contributed by atoms with Crippen molar-refractivity contribution in [3.05, 3.63) is 65.3 Å². The zero-order chi connectivity index (χ0) is 19.2. The summed E-state index contributed by atoms with van der Waals surface area (Å²) in [5, 5.41) is 5.43. The average molecular weight is 375 g/mol. The first kappa shape index (κ1) is 18.9. The van der Waals surface area contributed by atoms with Gasteiger partial charge in [-0.25, -0.2) is 18.2 Å². The molecule has 0 saturated heterocycles. The standard InChI is InChI=1S/C20H20F3N3O/c21-15-7-9-16(19(23)18(15)22)26-14-6-8-17(25-12-14)20(27)24-11-10-13-4-2-1-3-5-13/h4,6-9,12,26H,1-3,5,10-11H2,(H,24,27). The molecule has 2 N–H and O–H groups in total. The average Bonchev–Trinajstić information content (AvgIpc) is 2.70. The van der Waals surface area contributed by atoms with Crippen LogP contribution in [-0.2, 0) is 0 Å². The van der Waals surface area contributed by atoms with Crippen LogP contribution in [0, 0.1) is 17.5 Å². The number of amides is 1. The van der Waals surface area contributed by atoms with Crippen molar-refractivity contribution in [1.82, 2.24) is 10.3 Å². The molecular weight excluding hydrogens is 355 g/mol. The molecule has 0 radical (unpaired) electrons. The van der Waals surface area contributed by atoms with Crippen molar-refractivity contribution < 1.29 is 18.0 Å². The minimum absolute atomic E-state index is 0.214. The fourth-order valence-electron chi connectivity index (χ4n) is 2.94. The maximum atomic E-state index is 13.7. The van der Waals surface area contributed by atoms with Gasteiger partial charge < -0.3 is 10.6 Å². The van der Waals surface area contributed by atoms with E-state index >= 15 is 0 Å². The fraction of sp³-hybridized carbons (Fsp3) is 0.300. The van der Waals surface area contributed by atoms with Crippen molar-refractivity contribution in [2.24, 2.45) is 0 Å². The van der Waals surface area contributed by atoms with Crippen LogP contribution >= 0.6 is 0 Å². The zero-order valence-electron chi connectivity index (χ0n) is 14.7. The molecule has 0 aliphatic heterocycles. The van der Waals surface area contributed by atoms with Gasteiger partial charge in [0.1, 0.15) is 5.69 Å². The van der Waals surface area contributed by atoms with Gasteiger partial charge in [-0.05, 0) is 56.4 Å². The second-order valence-electron chi connectivity index (χ2n) is 6.39. The number of pyridine rings is 1. The summed E-state index contributed by atoms with van der Waals surface area (Å²) in [5.41, 5.74) is 1.74. The highest BCUT2D eigenvalue weighted by molar-refractivity contribution is 5.92. The largest absolute Gasteiger partial charge is 0.352 e. The number of allylic oxidation sites excluding steroid dienone is 1. The summed E-state index contributed by atoms with van der Waals surface area (Å²) >= 11 is 0. The summed E-state index contributed by atoms with van der Waals surface area (Å²) in [4.78, 5) is 16.2. The molecule has 0 fully saturated rings. The summed E-state index contributed by atoms with van der Waals surface area (Å²) < 4.78 is 39.9. The van der Waals surface area contributed by atoms with Crippen molar-refractivity contribution in [2.75, 3.05) is 11.9 Å². The third-order valence-corrected chi connectivity index (χ3v) is 4.43. The number of nitrogens with zero attached hydrogens (tertiary/aromatic N) is 1. The number of benzene rings is 1. The Kier molecular flexibility index (Phi) is 6.11. The molecule has 1 heterocycles. The van der Waals surface area contributed by atoms with Crippen molar-refractivity contribution in [1.29, 1.82) is 0 Å². The van der Waals surface area contributed by atoms with Crippen LogP contribution < -0.4 is 10.6 Å². The summed E-state index contributed by atoms with van der Waals surface area (Å²) in [7, 11) is 0. The Balaban J connectivity index is 1.56. The molecule has 1 aromatic heterocycles. The molecule has 27 heavy (non-hydrogen) atoms. The Labute approximate surface area is 155 Å². The predicted molar refractivity (Wildman–Crippen MR) is 97.3 cm³/mol. The Bertz CT molecular complexity index is 850. The molecule has 1 amide bonds.